The van der Waals surface area contributed by atoms with E-state index < -0.39 is 27.2 Å². The molecule has 0 aromatic carbocycles. The number of hydrogen-bond acceptors (Lipinski definition) is 5. The summed E-state index contributed by atoms with van der Waals surface area (Å²) in [6.07, 6.45) is 3.52. The molecule has 1 N–H and O–H groups in total. The van der Waals surface area contributed by atoms with E-state index >= 15 is 0 Å². The smallest absolute Gasteiger partial charge is 0.310 e. The van der Waals surface area contributed by atoms with Crippen molar-refractivity contribution in [2.24, 2.45) is 5.92 Å². The summed E-state index contributed by atoms with van der Waals surface area (Å²) < 4.78 is 30.8. The van der Waals surface area contributed by atoms with E-state index in [9.17, 15) is 18.0 Å². The largest absolute Gasteiger partial charge is 0.469 e. The molecule has 0 aliphatic heterocycles. The second-order valence-corrected chi connectivity index (χ2v) is 8.00. The predicted octanol–water partition coefficient (Wildman–Crippen LogP) is -0.132. The highest BCUT2D eigenvalue weighted by molar-refractivity contribution is 7.89. The van der Waals surface area contributed by atoms with Crippen molar-refractivity contribution < 1.29 is 22.7 Å². The average molecular weight is 318 g/mol. The van der Waals surface area contributed by atoms with Gasteiger partial charge in [-0.25, -0.2) is 8.42 Å². The van der Waals surface area contributed by atoms with Crippen LogP contribution in [-0.2, 0) is 24.3 Å². The fourth-order valence-corrected chi connectivity index (χ4v) is 4.61. The second kappa shape index (κ2) is 6.31. The van der Waals surface area contributed by atoms with Crippen molar-refractivity contribution >= 4 is 21.9 Å². The van der Waals surface area contributed by atoms with Crippen LogP contribution in [0.4, 0.5) is 0 Å². The van der Waals surface area contributed by atoms with Crippen LogP contribution in [0.25, 0.3) is 0 Å². The molecule has 7 nitrogen and oxygen atoms in total. The molecule has 0 aromatic rings. The number of amides is 1. The number of likely N-dealkylation sites (N-methyl/N-ethyl adjacent to an activating group) is 1. The molecule has 0 saturated heterocycles. The Bertz CT molecular complexity index is 515. The molecular weight excluding hydrogens is 296 g/mol. The van der Waals surface area contributed by atoms with Crippen molar-refractivity contribution in [2.45, 2.75) is 43.4 Å². The van der Waals surface area contributed by atoms with E-state index in [2.05, 4.69) is 10.1 Å². The molecule has 120 valence electrons. The Balaban J connectivity index is 2.01. The highest BCUT2D eigenvalue weighted by atomic mass is 32.2. The van der Waals surface area contributed by atoms with Gasteiger partial charge in [-0.05, 0) is 25.7 Å². The van der Waals surface area contributed by atoms with E-state index in [1.165, 1.54) is 14.2 Å². The number of carbonyl (C=O) groups is 2. The molecule has 2 aliphatic rings. The molecule has 0 spiro atoms. The van der Waals surface area contributed by atoms with E-state index in [0.29, 0.717) is 19.3 Å². The second-order valence-electron chi connectivity index (χ2n) is 5.74. The molecule has 2 aliphatic carbocycles. The maximum atomic E-state index is 12.5. The lowest BCUT2D eigenvalue weighted by Crippen LogP contribution is -2.45. The van der Waals surface area contributed by atoms with Gasteiger partial charge < -0.3 is 10.1 Å². The van der Waals surface area contributed by atoms with Crippen LogP contribution in [0.1, 0.15) is 32.1 Å². The molecule has 0 aromatic heterocycles. The minimum absolute atomic E-state index is 0.197. The summed E-state index contributed by atoms with van der Waals surface area (Å²) in [4.78, 5) is 23.4. The third-order valence-corrected chi connectivity index (χ3v) is 6.41. The first-order valence-electron chi connectivity index (χ1n) is 7.18. The Morgan fingerprint density at radius 1 is 1.24 bits per heavy atom. The predicted molar refractivity (Wildman–Crippen MR) is 75.9 cm³/mol. The van der Waals surface area contributed by atoms with Gasteiger partial charge in [-0.2, -0.15) is 4.31 Å². The zero-order valence-corrected chi connectivity index (χ0v) is 13.2. The van der Waals surface area contributed by atoms with Crippen LogP contribution in [-0.4, -0.2) is 56.6 Å². The Morgan fingerprint density at radius 2 is 1.90 bits per heavy atom. The van der Waals surface area contributed by atoms with E-state index in [4.69, 9.17) is 0 Å². The molecule has 2 rings (SSSR count). The summed E-state index contributed by atoms with van der Waals surface area (Å²) in [5.41, 5.74) is 0. The third-order valence-electron chi connectivity index (χ3n) is 4.08. The molecule has 21 heavy (non-hydrogen) atoms. The molecule has 0 radical (unpaired) electrons. The average Bonchev–Trinajstić information content (AvgIpc) is 3.08. The summed E-state index contributed by atoms with van der Waals surface area (Å²) in [6.45, 7) is -0.205. The number of hydrogen-bond donors (Lipinski definition) is 1. The quantitative estimate of drug-likeness (QED) is 0.689. The van der Waals surface area contributed by atoms with Gasteiger partial charge in [0.25, 0.3) is 0 Å². The normalized spacial score (nSPS) is 25.9. The maximum Gasteiger partial charge on any atom is 0.310 e. The maximum absolute atomic E-state index is 12.5. The lowest BCUT2D eigenvalue weighted by molar-refractivity contribution is -0.145. The van der Waals surface area contributed by atoms with Gasteiger partial charge >= 0.3 is 5.97 Å². The first-order chi connectivity index (χ1) is 9.86. The number of sulfonamides is 1. The number of esters is 1. The van der Waals surface area contributed by atoms with Gasteiger partial charge in [0.15, 0.2) is 0 Å². The molecule has 2 unspecified atom stereocenters. The van der Waals surface area contributed by atoms with Crippen molar-refractivity contribution in [1.29, 1.82) is 0 Å². The Hall–Kier alpha value is -1.15. The van der Waals surface area contributed by atoms with E-state index in [0.717, 1.165) is 17.1 Å². The Morgan fingerprint density at radius 3 is 2.48 bits per heavy atom. The van der Waals surface area contributed by atoms with Crippen LogP contribution in [0, 0.1) is 5.92 Å². The first kappa shape index (κ1) is 16.2. The van der Waals surface area contributed by atoms with E-state index in [1.54, 1.807) is 0 Å². The number of nitrogens with one attached hydrogen (secondary N) is 1. The fraction of sp³-hybridized carbons (Fsp3) is 0.846. The minimum atomic E-state index is -3.68. The molecule has 2 fully saturated rings. The molecule has 1 amide bonds. The van der Waals surface area contributed by atoms with Crippen LogP contribution >= 0.6 is 0 Å². The number of nitrogens with zero attached hydrogens (tertiary/aromatic N) is 1. The minimum Gasteiger partial charge on any atom is -0.469 e. The van der Waals surface area contributed by atoms with Crippen LogP contribution in [0.3, 0.4) is 0 Å². The molecule has 2 saturated carbocycles. The van der Waals surface area contributed by atoms with Crippen LogP contribution in [0.2, 0.25) is 0 Å². The molecule has 0 heterocycles. The van der Waals surface area contributed by atoms with Crippen molar-refractivity contribution in [1.82, 2.24) is 9.62 Å². The van der Waals surface area contributed by atoms with E-state index in [-0.39, 0.29) is 18.5 Å². The van der Waals surface area contributed by atoms with Crippen molar-refractivity contribution in [3.05, 3.63) is 0 Å². The lowest BCUT2D eigenvalue weighted by atomic mass is 10.1. The molecule has 8 heteroatoms. The van der Waals surface area contributed by atoms with Crippen LogP contribution in [0.15, 0.2) is 0 Å². The van der Waals surface area contributed by atoms with Crippen molar-refractivity contribution in [3.63, 3.8) is 0 Å². The lowest BCUT2D eigenvalue weighted by Gasteiger charge is -2.24. The summed E-state index contributed by atoms with van der Waals surface area (Å²) in [5, 5.41) is 1.97. The molecular formula is C13H22N2O5S. The number of carbonyl (C=O) groups excluding carboxylic acids is 2. The van der Waals surface area contributed by atoms with Crippen LogP contribution in [0.5, 0.6) is 0 Å². The number of methoxy groups -OCH3 is 1. The third kappa shape index (κ3) is 3.74. The fourth-order valence-electron chi connectivity index (χ4n) is 2.73. The molecule has 0 bridgehead atoms. The standard InChI is InChI=1S/C13H22N2O5S/c1-15(8-12(16)14-9-6-7-9)21(18,19)11-5-3-4-10(11)13(17)20-2/h9-11H,3-8H2,1-2H3,(H,14,16). The highest BCUT2D eigenvalue weighted by Gasteiger charge is 2.44. The summed E-state index contributed by atoms with van der Waals surface area (Å²) in [5.74, 6) is -1.41. The zero-order valence-electron chi connectivity index (χ0n) is 12.4. The summed E-state index contributed by atoms with van der Waals surface area (Å²) in [7, 11) is -1.04. The van der Waals surface area contributed by atoms with Gasteiger partial charge in [-0.15, -0.1) is 0 Å². The van der Waals surface area contributed by atoms with Gasteiger partial charge in [0.2, 0.25) is 15.9 Å². The van der Waals surface area contributed by atoms with Crippen molar-refractivity contribution in [3.8, 4) is 0 Å². The van der Waals surface area contributed by atoms with E-state index in [1.807, 2.05) is 0 Å². The SMILES string of the molecule is COC(=O)C1CCCC1S(=O)(=O)N(C)CC(=O)NC1CC1. The topological polar surface area (TPSA) is 92.8 Å². The summed E-state index contributed by atoms with van der Waals surface area (Å²) >= 11 is 0. The van der Waals surface area contributed by atoms with Gasteiger partial charge in [-0.1, -0.05) is 6.42 Å². The number of ether oxygens (including phenoxy) is 1. The van der Waals surface area contributed by atoms with Gasteiger partial charge in [-0.3, -0.25) is 9.59 Å². The summed E-state index contributed by atoms with van der Waals surface area (Å²) in [6, 6.07) is 0.197. The highest BCUT2D eigenvalue weighted by Crippen LogP contribution is 2.33. The Labute approximate surface area is 125 Å². The first-order valence-corrected chi connectivity index (χ1v) is 8.69. The monoisotopic (exact) mass is 318 g/mol. The van der Waals surface area contributed by atoms with Gasteiger partial charge in [0.05, 0.1) is 24.8 Å². The zero-order chi connectivity index (χ0) is 15.6. The van der Waals surface area contributed by atoms with Gasteiger partial charge in [0.1, 0.15) is 0 Å². The Kier molecular flexibility index (Phi) is 4.88. The van der Waals surface area contributed by atoms with Crippen LogP contribution < -0.4 is 5.32 Å². The molecule has 2 atom stereocenters. The van der Waals surface area contributed by atoms with Gasteiger partial charge in [0, 0.05) is 13.1 Å². The van der Waals surface area contributed by atoms with Crippen molar-refractivity contribution in [2.75, 3.05) is 20.7 Å². The number of rotatable bonds is 6.